The third kappa shape index (κ3) is 5.34. The number of cyclic esters (lactones) is 2. The van der Waals surface area contributed by atoms with Gasteiger partial charge in [0.25, 0.3) is 5.79 Å². The highest BCUT2D eigenvalue weighted by atomic mass is 16.7. The van der Waals surface area contributed by atoms with Crippen LogP contribution in [0.2, 0.25) is 0 Å². The molecule has 28 heavy (non-hydrogen) atoms. The van der Waals surface area contributed by atoms with Crippen LogP contribution in [0.5, 0.6) is 0 Å². The van der Waals surface area contributed by atoms with Crippen molar-refractivity contribution in [1.82, 2.24) is 5.32 Å². The first-order chi connectivity index (χ1) is 13.3. The number of hydrogen-bond acceptors (Lipinski definition) is 6. The highest BCUT2D eigenvalue weighted by Gasteiger charge is 2.38. The average molecular weight is 386 g/mol. The molecule has 1 aromatic rings. The summed E-state index contributed by atoms with van der Waals surface area (Å²) in [5.74, 6) is -2.69. The van der Waals surface area contributed by atoms with Gasteiger partial charge in [0, 0.05) is 31.8 Å². The van der Waals surface area contributed by atoms with Crippen molar-refractivity contribution >= 4 is 23.5 Å². The van der Waals surface area contributed by atoms with Crippen LogP contribution in [0, 0.1) is 0 Å². The minimum atomic E-state index is -1.26. The smallest absolute Gasteiger partial charge is 0.350 e. The van der Waals surface area contributed by atoms with E-state index in [1.807, 2.05) is 12.1 Å². The monoisotopic (exact) mass is 386 g/mol. The minimum absolute atomic E-state index is 0.0324. The van der Waals surface area contributed by atoms with Crippen molar-refractivity contribution in [2.75, 3.05) is 5.32 Å². The second-order valence-electron chi connectivity index (χ2n) is 7.66. The molecule has 7 heteroatoms. The lowest BCUT2D eigenvalue weighted by Gasteiger charge is -2.29. The van der Waals surface area contributed by atoms with E-state index >= 15 is 0 Å². The van der Waals surface area contributed by atoms with Crippen molar-refractivity contribution in [3.8, 4) is 0 Å². The molecule has 7 nitrogen and oxygen atoms in total. The molecule has 3 rings (SSSR count). The molecular weight excluding hydrogens is 360 g/mol. The Morgan fingerprint density at radius 3 is 2.29 bits per heavy atom. The SMILES string of the molecule is CC1(C)OC(=O)C(=CNc2ccc(CC(=O)NC3CCCCC3)cc2)C(=O)O1. The van der Waals surface area contributed by atoms with Crippen LogP contribution in [-0.4, -0.2) is 29.7 Å². The molecule has 2 N–H and O–H groups in total. The molecule has 1 aliphatic heterocycles. The lowest BCUT2D eigenvalue weighted by molar-refractivity contribution is -0.222. The lowest BCUT2D eigenvalue weighted by Crippen LogP contribution is -2.42. The van der Waals surface area contributed by atoms with E-state index in [0.717, 1.165) is 18.4 Å². The van der Waals surface area contributed by atoms with Crippen LogP contribution in [0.4, 0.5) is 5.69 Å². The van der Waals surface area contributed by atoms with E-state index in [9.17, 15) is 14.4 Å². The first-order valence-electron chi connectivity index (χ1n) is 9.64. The summed E-state index contributed by atoms with van der Waals surface area (Å²) in [5, 5.41) is 5.98. The zero-order valence-electron chi connectivity index (χ0n) is 16.2. The number of anilines is 1. The Labute approximate surface area is 164 Å². The maximum atomic E-state index is 12.2. The molecule has 0 spiro atoms. The van der Waals surface area contributed by atoms with Gasteiger partial charge in [0.05, 0.1) is 6.42 Å². The van der Waals surface area contributed by atoms with Crippen LogP contribution in [0.1, 0.15) is 51.5 Å². The van der Waals surface area contributed by atoms with E-state index in [4.69, 9.17) is 9.47 Å². The largest absolute Gasteiger partial charge is 0.419 e. The topological polar surface area (TPSA) is 93.7 Å². The molecular formula is C21H26N2O5. The summed E-state index contributed by atoms with van der Waals surface area (Å²) >= 11 is 0. The van der Waals surface area contributed by atoms with Crippen LogP contribution in [-0.2, 0) is 30.3 Å². The summed E-state index contributed by atoms with van der Waals surface area (Å²) in [4.78, 5) is 36.0. The zero-order chi connectivity index (χ0) is 20.1. The number of rotatable bonds is 5. The van der Waals surface area contributed by atoms with Gasteiger partial charge >= 0.3 is 11.9 Å². The van der Waals surface area contributed by atoms with Crippen LogP contribution < -0.4 is 10.6 Å². The molecule has 2 aliphatic rings. The lowest BCUT2D eigenvalue weighted by atomic mass is 9.95. The molecule has 2 fully saturated rings. The number of carbonyl (C=O) groups excluding carboxylic acids is 3. The first-order valence-corrected chi connectivity index (χ1v) is 9.64. The summed E-state index contributed by atoms with van der Waals surface area (Å²) in [5.41, 5.74) is 1.37. The third-order valence-electron chi connectivity index (χ3n) is 4.79. The predicted molar refractivity (Wildman–Crippen MR) is 103 cm³/mol. The fourth-order valence-corrected chi connectivity index (χ4v) is 3.36. The van der Waals surface area contributed by atoms with Crippen molar-refractivity contribution in [2.24, 2.45) is 0 Å². The van der Waals surface area contributed by atoms with E-state index in [1.165, 1.54) is 39.3 Å². The van der Waals surface area contributed by atoms with Gasteiger partial charge in [-0.3, -0.25) is 4.79 Å². The normalized spacial score (nSPS) is 19.4. The Hall–Kier alpha value is -2.83. The standard InChI is InChI=1S/C21H26N2O5/c1-21(2)27-19(25)17(20(26)28-21)13-22-15-10-8-14(9-11-15)12-18(24)23-16-6-4-3-5-7-16/h8-11,13,16,22H,3-7,12H2,1-2H3,(H,23,24). The number of esters is 2. The fraction of sp³-hybridized carbons (Fsp3) is 0.476. The average Bonchev–Trinajstić information content (AvgIpc) is 2.62. The molecule has 1 amide bonds. The van der Waals surface area contributed by atoms with Gasteiger partial charge in [-0.2, -0.15) is 0 Å². The van der Waals surface area contributed by atoms with Gasteiger partial charge in [0.15, 0.2) is 5.57 Å². The number of amides is 1. The summed E-state index contributed by atoms with van der Waals surface area (Å²) in [6.07, 6.45) is 7.33. The number of benzene rings is 1. The second-order valence-corrected chi connectivity index (χ2v) is 7.66. The second kappa shape index (κ2) is 8.46. The van der Waals surface area contributed by atoms with E-state index in [1.54, 1.807) is 12.1 Å². The zero-order valence-corrected chi connectivity index (χ0v) is 16.2. The van der Waals surface area contributed by atoms with Crippen molar-refractivity contribution in [2.45, 2.75) is 64.2 Å². The van der Waals surface area contributed by atoms with E-state index in [-0.39, 0.29) is 11.5 Å². The first kappa shape index (κ1) is 19.9. The Morgan fingerprint density at radius 2 is 1.68 bits per heavy atom. The molecule has 0 radical (unpaired) electrons. The van der Waals surface area contributed by atoms with Crippen molar-refractivity contribution < 1.29 is 23.9 Å². The quantitative estimate of drug-likeness (QED) is 0.459. The maximum absolute atomic E-state index is 12.2. The van der Waals surface area contributed by atoms with Gasteiger partial charge in [-0.05, 0) is 30.5 Å². The number of nitrogens with one attached hydrogen (secondary N) is 2. The molecule has 150 valence electrons. The van der Waals surface area contributed by atoms with Gasteiger partial charge in [-0.15, -0.1) is 0 Å². The number of hydrogen-bond donors (Lipinski definition) is 2. The van der Waals surface area contributed by atoms with E-state index in [0.29, 0.717) is 18.2 Å². The highest BCUT2D eigenvalue weighted by molar-refractivity contribution is 6.15. The van der Waals surface area contributed by atoms with Crippen LogP contribution in [0.15, 0.2) is 36.0 Å². The molecule has 1 heterocycles. The van der Waals surface area contributed by atoms with Crippen molar-refractivity contribution in [3.05, 3.63) is 41.6 Å². The molecule has 0 atom stereocenters. The van der Waals surface area contributed by atoms with E-state index < -0.39 is 17.7 Å². The van der Waals surface area contributed by atoms with Crippen LogP contribution in [0.3, 0.4) is 0 Å². The Balaban J connectivity index is 1.53. The van der Waals surface area contributed by atoms with Gasteiger partial charge < -0.3 is 20.1 Å². The molecule has 1 aromatic carbocycles. The van der Waals surface area contributed by atoms with Crippen LogP contribution in [0.25, 0.3) is 0 Å². The number of carbonyl (C=O) groups is 3. The van der Waals surface area contributed by atoms with Gasteiger partial charge in [0.1, 0.15) is 0 Å². The number of ether oxygens (including phenoxy) is 2. The molecule has 1 saturated heterocycles. The predicted octanol–water partition coefficient (Wildman–Crippen LogP) is 2.81. The Morgan fingerprint density at radius 1 is 1.07 bits per heavy atom. The molecule has 0 unspecified atom stereocenters. The summed E-state index contributed by atoms with van der Waals surface area (Å²) in [6, 6.07) is 7.53. The van der Waals surface area contributed by atoms with Crippen molar-refractivity contribution in [1.29, 1.82) is 0 Å². The fourth-order valence-electron chi connectivity index (χ4n) is 3.36. The summed E-state index contributed by atoms with van der Waals surface area (Å²) in [7, 11) is 0. The Kier molecular flexibility index (Phi) is 6.02. The summed E-state index contributed by atoms with van der Waals surface area (Å²) < 4.78 is 10.1. The maximum Gasteiger partial charge on any atom is 0.350 e. The van der Waals surface area contributed by atoms with Gasteiger partial charge in [-0.1, -0.05) is 31.4 Å². The van der Waals surface area contributed by atoms with Gasteiger partial charge in [-0.25, -0.2) is 9.59 Å². The van der Waals surface area contributed by atoms with Crippen LogP contribution >= 0.6 is 0 Å². The summed E-state index contributed by atoms with van der Waals surface area (Å²) in [6.45, 7) is 2.99. The van der Waals surface area contributed by atoms with Gasteiger partial charge in [0.2, 0.25) is 5.91 Å². The molecule has 0 aromatic heterocycles. The van der Waals surface area contributed by atoms with E-state index in [2.05, 4.69) is 10.6 Å². The molecule has 1 aliphatic carbocycles. The molecule has 1 saturated carbocycles. The Bertz CT molecular complexity index is 754. The van der Waals surface area contributed by atoms with Crippen molar-refractivity contribution in [3.63, 3.8) is 0 Å². The highest BCUT2D eigenvalue weighted by Crippen LogP contribution is 2.23. The molecule has 0 bridgehead atoms. The third-order valence-corrected chi connectivity index (χ3v) is 4.79. The minimum Gasteiger partial charge on any atom is -0.419 e.